The Morgan fingerprint density at radius 2 is 1.60 bits per heavy atom. The van der Waals surface area contributed by atoms with Crippen LogP contribution in [0.4, 0.5) is 0 Å². The van der Waals surface area contributed by atoms with Gasteiger partial charge >= 0.3 is 5.97 Å². The Hall–Kier alpha value is -6.02. The summed E-state index contributed by atoms with van der Waals surface area (Å²) in [5.74, 6) is -1.90. The quantitative estimate of drug-likeness (QED) is 0.159. The van der Waals surface area contributed by atoms with Crippen LogP contribution in [0.15, 0.2) is 74.0 Å². The molecule has 5 N–H and O–H groups in total. The maximum atomic E-state index is 13.3. The lowest BCUT2D eigenvalue weighted by atomic mass is 9.92. The number of benzene rings is 2. The zero-order valence-electron chi connectivity index (χ0n) is 24.0. The van der Waals surface area contributed by atoms with Crippen molar-refractivity contribution in [2.45, 2.75) is 20.3 Å². The van der Waals surface area contributed by atoms with E-state index in [1.807, 2.05) is 0 Å². The lowest BCUT2D eigenvalue weighted by molar-refractivity contribution is -0.120. The molecule has 5 aromatic rings. The van der Waals surface area contributed by atoms with Crippen molar-refractivity contribution in [2.24, 2.45) is 10.9 Å². The number of hydrogen-bond acceptors (Lipinski definition) is 7. The molecule has 0 saturated heterocycles. The van der Waals surface area contributed by atoms with Crippen molar-refractivity contribution in [1.82, 2.24) is 24.5 Å². The monoisotopic (exact) mass is 610 g/mol. The van der Waals surface area contributed by atoms with Crippen molar-refractivity contribution in [1.29, 1.82) is 0 Å². The van der Waals surface area contributed by atoms with E-state index in [2.05, 4.69) is 20.2 Å². The molecule has 14 nitrogen and oxygen atoms in total. The molecule has 1 aliphatic heterocycles. The number of ether oxygens (including phenoxy) is 1. The average Bonchev–Trinajstić information content (AvgIpc) is 3.52. The maximum Gasteiger partial charge on any atom is 0.335 e. The van der Waals surface area contributed by atoms with Crippen molar-refractivity contribution < 1.29 is 24.5 Å². The van der Waals surface area contributed by atoms with Gasteiger partial charge in [-0.1, -0.05) is 12.2 Å². The maximum absolute atomic E-state index is 13.3. The summed E-state index contributed by atoms with van der Waals surface area (Å²) in [7, 11) is 0. The van der Waals surface area contributed by atoms with Crippen LogP contribution in [-0.4, -0.2) is 53.4 Å². The van der Waals surface area contributed by atoms with Crippen LogP contribution >= 0.6 is 0 Å². The normalized spacial score (nSPS) is 14.6. The number of amides is 1. The summed E-state index contributed by atoms with van der Waals surface area (Å²) in [4.78, 5) is 70.6. The second kappa shape index (κ2) is 11.2. The number of aliphatic hydroxyl groups excluding tert-OH is 1. The zero-order valence-corrected chi connectivity index (χ0v) is 24.0. The van der Waals surface area contributed by atoms with Gasteiger partial charge in [0.1, 0.15) is 11.4 Å². The van der Waals surface area contributed by atoms with Crippen LogP contribution in [0.5, 0.6) is 5.75 Å². The Morgan fingerprint density at radius 1 is 0.956 bits per heavy atom. The highest BCUT2D eigenvalue weighted by molar-refractivity contribution is 5.90. The van der Waals surface area contributed by atoms with Crippen LogP contribution < -0.4 is 32.1 Å². The number of H-pyrrole nitrogens is 3. The van der Waals surface area contributed by atoms with Gasteiger partial charge in [-0.05, 0) is 79.9 Å². The molecule has 4 heterocycles. The number of aliphatic hydroxyl groups is 1. The summed E-state index contributed by atoms with van der Waals surface area (Å²) in [5.41, 5.74) is 1.21. The second-order valence-corrected chi connectivity index (χ2v) is 10.4. The fraction of sp³-hybridized carbons (Fsp3) is 0.161. The van der Waals surface area contributed by atoms with Gasteiger partial charge < -0.3 is 19.9 Å². The van der Waals surface area contributed by atoms with Crippen molar-refractivity contribution >= 4 is 34.6 Å². The van der Waals surface area contributed by atoms with Crippen LogP contribution in [-0.2, 0) is 4.79 Å². The molecule has 0 radical (unpaired) electrons. The number of carbonyl (C=O) groups is 2. The number of carboxylic acids is 1. The highest BCUT2D eigenvalue weighted by atomic mass is 16.6. The van der Waals surface area contributed by atoms with E-state index in [4.69, 9.17) is 14.9 Å². The molecule has 0 saturated carbocycles. The number of rotatable bonds is 8. The van der Waals surface area contributed by atoms with Crippen LogP contribution in [0.2, 0.25) is 0 Å². The molecular weight excluding hydrogens is 584 g/mol. The van der Waals surface area contributed by atoms with Gasteiger partial charge in [-0.3, -0.25) is 29.4 Å². The summed E-state index contributed by atoms with van der Waals surface area (Å²) in [6.45, 7) is 2.85. The van der Waals surface area contributed by atoms with Crippen molar-refractivity contribution in [2.75, 3.05) is 6.79 Å². The highest BCUT2D eigenvalue weighted by Crippen LogP contribution is 2.21. The summed E-state index contributed by atoms with van der Waals surface area (Å²) < 4.78 is 7.51. The first kappa shape index (κ1) is 29.1. The summed E-state index contributed by atoms with van der Waals surface area (Å²) in [6.07, 6.45) is 3.32. The minimum Gasteiger partial charge on any atom is -0.478 e. The lowest BCUT2D eigenvalue weighted by Crippen LogP contribution is -2.42. The Labute approximate surface area is 251 Å². The largest absolute Gasteiger partial charge is 0.478 e. The molecule has 3 aromatic heterocycles. The molecule has 1 amide bonds. The van der Waals surface area contributed by atoms with Crippen molar-refractivity contribution in [3.63, 3.8) is 0 Å². The van der Waals surface area contributed by atoms with Gasteiger partial charge in [-0.2, -0.15) is 4.99 Å². The Bertz CT molecular complexity index is 2330. The van der Waals surface area contributed by atoms with E-state index in [1.165, 1.54) is 33.6 Å². The highest BCUT2D eigenvalue weighted by Gasteiger charge is 2.26. The van der Waals surface area contributed by atoms with Gasteiger partial charge in [0.2, 0.25) is 0 Å². The van der Waals surface area contributed by atoms with E-state index < -0.39 is 35.7 Å². The predicted molar refractivity (Wildman–Crippen MR) is 162 cm³/mol. The van der Waals surface area contributed by atoms with E-state index in [0.717, 1.165) is 0 Å². The van der Waals surface area contributed by atoms with Crippen molar-refractivity contribution in [3.8, 4) is 17.1 Å². The molecule has 0 aliphatic carbocycles. The number of nitrogens with one attached hydrogen (secondary N) is 3. The predicted octanol–water partition coefficient (Wildman–Crippen LogP) is 0.871. The van der Waals surface area contributed by atoms with E-state index in [1.54, 1.807) is 50.3 Å². The van der Waals surface area contributed by atoms with E-state index in [9.17, 15) is 24.0 Å². The number of aromatic carboxylic acids is 1. The van der Waals surface area contributed by atoms with E-state index >= 15 is 0 Å². The number of pyridine rings is 1. The van der Waals surface area contributed by atoms with E-state index in [-0.39, 0.29) is 44.8 Å². The second-order valence-electron chi connectivity index (χ2n) is 10.4. The molecule has 0 bridgehead atoms. The number of carbonyl (C=O) groups excluding carboxylic acids is 1. The first-order valence-electron chi connectivity index (χ1n) is 13.8. The number of carboxylic acid groups (broad SMARTS) is 1. The topological polar surface area (TPSA) is 205 Å². The van der Waals surface area contributed by atoms with Gasteiger partial charge in [0.15, 0.2) is 12.3 Å². The Balaban J connectivity index is 1.31. The molecule has 6 rings (SSSR count). The van der Waals surface area contributed by atoms with Gasteiger partial charge in [0.25, 0.3) is 22.6 Å². The van der Waals surface area contributed by atoms with Crippen LogP contribution in [0, 0.1) is 12.8 Å². The molecule has 0 spiro atoms. The summed E-state index contributed by atoms with van der Waals surface area (Å²) >= 11 is 0. The van der Waals surface area contributed by atoms with Gasteiger partial charge in [0, 0.05) is 5.56 Å². The van der Waals surface area contributed by atoms with Gasteiger partial charge in [0.05, 0.1) is 33.5 Å². The number of allylic oxidation sites excluding steroid dienone is 1. The number of aromatic amines is 3. The third-order valence-corrected chi connectivity index (χ3v) is 7.82. The molecular formula is C31H26N6O8. The summed E-state index contributed by atoms with van der Waals surface area (Å²) in [5, 5.41) is 24.3. The Kier molecular flexibility index (Phi) is 7.26. The number of aromatic nitrogens is 5. The smallest absolute Gasteiger partial charge is 0.335 e. The van der Waals surface area contributed by atoms with Crippen LogP contribution in [0.25, 0.3) is 34.1 Å². The molecule has 228 valence electrons. The zero-order chi connectivity index (χ0) is 32.0. The number of nitrogens with zero attached hydrogens (tertiary/aromatic N) is 3. The molecule has 0 fully saturated rings. The Morgan fingerprint density at radius 3 is 2.24 bits per heavy atom. The lowest BCUT2D eigenvalue weighted by Gasteiger charge is -2.13. The minimum atomic E-state index is -1.10. The van der Waals surface area contributed by atoms with E-state index in [0.29, 0.717) is 28.3 Å². The fourth-order valence-corrected chi connectivity index (χ4v) is 5.45. The molecule has 2 aromatic carbocycles. The SMILES string of the molecule is CC1=c2c([nH]n(-c3ccc(C(=O)O)cc3)c2=O)=NC(=O)C1C/C=C/c1c(C)c2c(=O)n(-c3ccc(OCO)cc3)[nH]c2[nH]c1=O. The van der Waals surface area contributed by atoms with Crippen molar-refractivity contribution in [3.05, 3.63) is 113 Å². The molecule has 14 heteroatoms. The van der Waals surface area contributed by atoms with Gasteiger partial charge in [-0.25, -0.2) is 14.2 Å². The average molecular weight is 611 g/mol. The first-order valence-corrected chi connectivity index (χ1v) is 13.8. The van der Waals surface area contributed by atoms with Crippen LogP contribution in [0.1, 0.15) is 34.8 Å². The van der Waals surface area contributed by atoms with Gasteiger partial charge in [-0.15, -0.1) is 0 Å². The van der Waals surface area contributed by atoms with Crippen LogP contribution in [0.3, 0.4) is 0 Å². The first-order chi connectivity index (χ1) is 21.6. The molecule has 45 heavy (non-hydrogen) atoms. The number of hydrogen-bond donors (Lipinski definition) is 5. The molecule has 1 atom stereocenters. The molecule has 1 aliphatic rings. The third-order valence-electron chi connectivity index (χ3n) is 7.82. The fourth-order valence-electron chi connectivity index (χ4n) is 5.45. The number of aryl methyl sites for hydroxylation is 1. The standard InChI is InChI=1S/C31H26N6O8/c1-15-21(27(39)32-25-23(15)29(41)36(34-25)18-8-6-17(7-9-18)31(43)44)4-3-5-22-16(2)24-26(33-28(22)40)35-37(30(24)42)19-10-12-20(13-11-19)45-14-38/h3,5-13,21,38H,4,14H2,1-2H3,(H,43,44)(H,32,34,39)(H2,33,35,40)/b5-3+. The number of fused-ring (bicyclic) bond motifs is 2. The summed E-state index contributed by atoms with van der Waals surface area (Å²) in [6, 6.07) is 12.1. The minimum absolute atomic E-state index is 0.0631. The third kappa shape index (κ3) is 5.02. The molecule has 1 unspecified atom stereocenters.